The third-order valence-corrected chi connectivity index (χ3v) is 2.30. The number of hydrogen-bond acceptors (Lipinski definition) is 3. The number of carbonyl (C=O) groups excluding carboxylic acids is 1. The van der Waals surface area contributed by atoms with E-state index in [0.29, 0.717) is 6.07 Å². The van der Waals surface area contributed by atoms with Crippen molar-refractivity contribution in [2.75, 3.05) is 5.32 Å². The molecule has 1 amide bonds. The van der Waals surface area contributed by atoms with Gasteiger partial charge in [-0.2, -0.15) is 5.26 Å². The normalized spacial score (nSPS) is 11.6. The van der Waals surface area contributed by atoms with Crippen LogP contribution >= 0.6 is 0 Å². The number of benzene rings is 1. The fourth-order valence-electron chi connectivity index (χ4n) is 1.34. The van der Waals surface area contributed by atoms with Crippen molar-refractivity contribution in [2.24, 2.45) is 0 Å². The van der Waals surface area contributed by atoms with Crippen LogP contribution in [0.2, 0.25) is 0 Å². The predicted molar refractivity (Wildman–Crippen MR) is 60.6 cm³/mol. The van der Waals surface area contributed by atoms with Crippen LogP contribution in [0.4, 0.5) is 18.9 Å². The molecule has 0 saturated carbocycles. The Kier molecular flexibility index (Phi) is 4.17. The number of amides is 1. The number of aliphatic hydroxyl groups excluding tert-OH is 1. The zero-order chi connectivity index (χ0) is 14.7. The average molecular weight is 270 g/mol. The molecule has 1 aromatic carbocycles. The van der Waals surface area contributed by atoms with E-state index in [1.165, 1.54) is 13.0 Å². The molecule has 19 heavy (non-hydrogen) atoms. The first kappa shape index (κ1) is 14.6. The van der Waals surface area contributed by atoms with E-state index >= 15 is 0 Å². The number of aryl methyl sites for hydroxylation is 1. The van der Waals surface area contributed by atoms with Crippen molar-refractivity contribution >= 4 is 11.6 Å². The molecule has 0 radical (unpaired) electrons. The SMILES string of the molecule is C/C(O)=C(/C#N)C(=O)Nc1c(C)cc(F)c(F)c1F. The smallest absolute Gasteiger partial charge is 0.269 e. The number of hydrogen-bond donors (Lipinski definition) is 2. The summed E-state index contributed by atoms with van der Waals surface area (Å²) in [6, 6.07) is 2.12. The topological polar surface area (TPSA) is 73.1 Å². The first-order valence-corrected chi connectivity index (χ1v) is 5.05. The van der Waals surface area contributed by atoms with Gasteiger partial charge in [0.2, 0.25) is 0 Å². The summed E-state index contributed by atoms with van der Waals surface area (Å²) in [4.78, 5) is 11.6. The molecule has 7 heteroatoms. The van der Waals surface area contributed by atoms with Gasteiger partial charge in [-0.25, -0.2) is 13.2 Å². The molecule has 0 heterocycles. The van der Waals surface area contributed by atoms with E-state index < -0.39 is 40.4 Å². The molecule has 0 aromatic heterocycles. The third-order valence-electron chi connectivity index (χ3n) is 2.30. The number of carbonyl (C=O) groups is 1. The maximum atomic E-state index is 13.5. The Morgan fingerprint density at radius 3 is 2.42 bits per heavy atom. The molecule has 1 aromatic rings. The quantitative estimate of drug-likeness (QED) is 0.375. The van der Waals surface area contributed by atoms with Gasteiger partial charge in [0, 0.05) is 0 Å². The second kappa shape index (κ2) is 5.44. The molecule has 0 aliphatic carbocycles. The second-order valence-corrected chi connectivity index (χ2v) is 3.70. The molecule has 0 spiro atoms. The number of nitriles is 1. The van der Waals surface area contributed by atoms with Gasteiger partial charge in [-0.05, 0) is 25.5 Å². The minimum atomic E-state index is -1.73. The molecule has 4 nitrogen and oxygen atoms in total. The summed E-state index contributed by atoms with van der Waals surface area (Å²) >= 11 is 0. The molecule has 2 N–H and O–H groups in total. The van der Waals surface area contributed by atoms with Crippen LogP contribution in [-0.4, -0.2) is 11.0 Å². The minimum Gasteiger partial charge on any atom is -0.511 e. The second-order valence-electron chi connectivity index (χ2n) is 3.70. The Bertz CT molecular complexity index is 614. The Morgan fingerprint density at radius 2 is 1.95 bits per heavy atom. The molecular formula is C12H9F3N2O2. The van der Waals surface area contributed by atoms with Gasteiger partial charge in [0.15, 0.2) is 23.0 Å². The lowest BCUT2D eigenvalue weighted by atomic mass is 10.1. The van der Waals surface area contributed by atoms with Crippen LogP contribution in [0, 0.1) is 35.7 Å². The highest BCUT2D eigenvalue weighted by Gasteiger charge is 2.20. The van der Waals surface area contributed by atoms with Gasteiger partial charge in [0.25, 0.3) is 5.91 Å². The van der Waals surface area contributed by atoms with Crippen LogP contribution in [0.3, 0.4) is 0 Å². The summed E-state index contributed by atoms with van der Waals surface area (Å²) in [5.41, 5.74) is -1.29. The van der Waals surface area contributed by atoms with Crippen molar-refractivity contribution in [3.63, 3.8) is 0 Å². The Morgan fingerprint density at radius 1 is 1.37 bits per heavy atom. The van der Waals surface area contributed by atoms with Crippen LogP contribution in [0.25, 0.3) is 0 Å². The maximum Gasteiger partial charge on any atom is 0.269 e. The largest absolute Gasteiger partial charge is 0.511 e. The third kappa shape index (κ3) is 2.85. The van der Waals surface area contributed by atoms with Crippen molar-refractivity contribution in [1.29, 1.82) is 5.26 Å². The molecule has 0 saturated heterocycles. The van der Waals surface area contributed by atoms with Crippen molar-refractivity contribution in [3.8, 4) is 6.07 Å². The Balaban J connectivity index is 3.23. The molecular weight excluding hydrogens is 261 g/mol. The van der Waals surface area contributed by atoms with Gasteiger partial charge in [-0.1, -0.05) is 0 Å². The van der Waals surface area contributed by atoms with Crippen molar-refractivity contribution < 1.29 is 23.1 Å². The maximum absolute atomic E-state index is 13.5. The van der Waals surface area contributed by atoms with Crippen LogP contribution in [0.15, 0.2) is 17.4 Å². The summed E-state index contributed by atoms with van der Waals surface area (Å²) in [5.74, 6) is -6.37. The minimum absolute atomic E-state index is 0.0577. The number of nitrogens with zero attached hydrogens (tertiary/aromatic N) is 1. The van der Waals surface area contributed by atoms with E-state index in [2.05, 4.69) is 0 Å². The van der Waals surface area contributed by atoms with Crippen LogP contribution in [-0.2, 0) is 4.79 Å². The van der Waals surface area contributed by atoms with Gasteiger partial charge >= 0.3 is 0 Å². The van der Waals surface area contributed by atoms with Crippen LogP contribution in [0.5, 0.6) is 0 Å². The van der Waals surface area contributed by atoms with E-state index in [1.54, 1.807) is 0 Å². The number of rotatable bonds is 2. The number of nitrogens with one attached hydrogen (secondary N) is 1. The standard InChI is InChI=1S/C12H9F3N2O2/c1-5-3-8(13)9(14)10(15)11(5)17-12(19)7(4-16)6(2)18/h3,18H,1-2H3,(H,17,19)/b7-6+. The zero-order valence-electron chi connectivity index (χ0n) is 10.0. The van der Waals surface area contributed by atoms with E-state index in [9.17, 15) is 18.0 Å². The summed E-state index contributed by atoms with van der Waals surface area (Å²) < 4.78 is 39.4. The Labute approximate surface area is 106 Å². The highest BCUT2D eigenvalue weighted by Crippen LogP contribution is 2.24. The molecule has 1 rings (SSSR count). The van der Waals surface area contributed by atoms with Gasteiger partial charge in [0.1, 0.15) is 11.8 Å². The average Bonchev–Trinajstić information content (AvgIpc) is 2.32. The van der Waals surface area contributed by atoms with E-state index in [-0.39, 0.29) is 5.56 Å². The number of allylic oxidation sites excluding steroid dienone is 1. The van der Waals surface area contributed by atoms with Crippen LogP contribution < -0.4 is 5.32 Å². The predicted octanol–water partition coefficient (Wildman–Crippen LogP) is 2.71. The molecule has 0 bridgehead atoms. The van der Waals surface area contributed by atoms with Gasteiger partial charge < -0.3 is 10.4 Å². The van der Waals surface area contributed by atoms with Gasteiger partial charge in [-0.3, -0.25) is 4.79 Å². The fourth-order valence-corrected chi connectivity index (χ4v) is 1.34. The molecule has 0 unspecified atom stereocenters. The number of anilines is 1. The van der Waals surface area contributed by atoms with Crippen LogP contribution in [0.1, 0.15) is 12.5 Å². The number of aliphatic hydroxyl groups is 1. The zero-order valence-corrected chi connectivity index (χ0v) is 10.0. The summed E-state index contributed by atoms with van der Waals surface area (Å²) in [5, 5.41) is 19.6. The number of halogens is 3. The van der Waals surface area contributed by atoms with Gasteiger partial charge in [-0.15, -0.1) is 0 Å². The van der Waals surface area contributed by atoms with E-state index in [0.717, 1.165) is 6.92 Å². The molecule has 0 aliphatic rings. The lowest BCUT2D eigenvalue weighted by molar-refractivity contribution is -0.112. The first-order valence-electron chi connectivity index (χ1n) is 5.05. The Hall–Kier alpha value is -2.49. The first-order chi connectivity index (χ1) is 8.79. The lowest BCUT2D eigenvalue weighted by Gasteiger charge is -2.10. The lowest BCUT2D eigenvalue weighted by Crippen LogP contribution is -2.17. The highest BCUT2D eigenvalue weighted by atomic mass is 19.2. The van der Waals surface area contributed by atoms with E-state index in [1.807, 2.05) is 5.32 Å². The monoisotopic (exact) mass is 270 g/mol. The van der Waals surface area contributed by atoms with E-state index in [4.69, 9.17) is 10.4 Å². The fraction of sp³-hybridized carbons (Fsp3) is 0.167. The molecule has 100 valence electrons. The van der Waals surface area contributed by atoms with Crippen molar-refractivity contribution in [1.82, 2.24) is 0 Å². The molecule has 0 aliphatic heterocycles. The molecule has 0 fully saturated rings. The summed E-state index contributed by atoms with van der Waals surface area (Å²) in [6.07, 6.45) is 0. The van der Waals surface area contributed by atoms with Gasteiger partial charge in [0.05, 0.1) is 5.69 Å². The summed E-state index contributed by atoms with van der Waals surface area (Å²) in [6.45, 7) is 2.34. The van der Waals surface area contributed by atoms with Crippen molar-refractivity contribution in [3.05, 3.63) is 40.4 Å². The van der Waals surface area contributed by atoms with Crippen molar-refractivity contribution in [2.45, 2.75) is 13.8 Å². The summed E-state index contributed by atoms with van der Waals surface area (Å²) in [7, 11) is 0. The molecule has 0 atom stereocenters. The highest BCUT2D eigenvalue weighted by molar-refractivity contribution is 6.07.